The summed E-state index contributed by atoms with van der Waals surface area (Å²) in [5.74, 6) is 0.404. The van der Waals surface area contributed by atoms with Crippen LogP contribution in [0, 0.1) is 0 Å². The van der Waals surface area contributed by atoms with E-state index in [1.165, 1.54) is 0 Å². The Kier molecular flexibility index (Phi) is 2.91. The van der Waals surface area contributed by atoms with Gasteiger partial charge in [0.1, 0.15) is 11.4 Å². The highest BCUT2D eigenvalue weighted by molar-refractivity contribution is 5.66. The summed E-state index contributed by atoms with van der Waals surface area (Å²) in [6.45, 7) is 2.69. The smallest absolute Gasteiger partial charge is 0.303 e. The van der Waals surface area contributed by atoms with Gasteiger partial charge in [0.05, 0.1) is 6.42 Å². The number of ether oxygens (including phenoxy) is 1. The SMILES string of the molecule is CC1(c2n[nH]c(CCC(=O)O)n2)CCCO1. The van der Waals surface area contributed by atoms with Gasteiger partial charge in [0.2, 0.25) is 0 Å². The molecule has 1 fully saturated rings. The number of nitrogens with zero attached hydrogens (tertiary/aromatic N) is 2. The van der Waals surface area contributed by atoms with E-state index in [-0.39, 0.29) is 6.42 Å². The molecule has 1 aliphatic heterocycles. The van der Waals surface area contributed by atoms with Crippen molar-refractivity contribution in [2.24, 2.45) is 0 Å². The molecule has 16 heavy (non-hydrogen) atoms. The Labute approximate surface area is 93.0 Å². The maximum Gasteiger partial charge on any atom is 0.303 e. The quantitative estimate of drug-likeness (QED) is 0.793. The molecular weight excluding hydrogens is 210 g/mol. The number of aliphatic carboxylic acids is 1. The maximum atomic E-state index is 10.4. The molecular formula is C10H15N3O3. The Morgan fingerprint density at radius 3 is 3.12 bits per heavy atom. The van der Waals surface area contributed by atoms with Crippen LogP contribution in [0.5, 0.6) is 0 Å². The standard InChI is InChI=1S/C10H15N3O3/c1-10(5-2-6-16-10)9-11-7(12-13-9)3-4-8(14)15/h2-6H2,1H3,(H,14,15)(H,11,12,13). The van der Waals surface area contributed by atoms with Crippen molar-refractivity contribution in [3.05, 3.63) is 11.6 Å². The predicted molar refractivity (Wildman–Crippen MR) is 54.9 cm³/mol. The van der Waals surface area contributed by atoms with Crippen LogP contribution in [0.2, 0.25) is 0 Å². The summed E-state index contributed by atoms with van der Waals surface area (Å²) >= 11 is 0. The predicted octanol–water partition coefficient (Wildman–Crippen LogP) is 0.848. The van der Waals surface area contributed by atoms with Crippen LogP contribution in [0.1, 0.15) is 37.8 Å². The molecule has 0 bridgehead atoms. The summed E-state index contributed by atoms with van der Waals surface area (Å²) in [6, 6.07) is 0. The molecule has 0 amide bonds. The zero-order valence-electron chi connectivity index (χ0n) is 9.19. The molecule has 1 aromatic heterocycles. The van der Waals surface area contributed by atoms with E-state index in [0.717, 1.165) is 19.4 Å². The summed E-state index contributed by atoms with van der Waals surface area (Å²) in [4.78, 5) is 14.7. The van der Waals surface area contributed by atoms with Gasteiger partial charge in [0.15, 0.2) is 5.82 Å². The van der Waals surface area contributed by atoms with E-state index in [1.54, 1.807) is 0 Å². The van der Waals surface area contributed by atoms with Crippen LogP contribution in [0.15, 0.2) is 0 Å². The number of rotatable bonds is 4. The first-order chi connectivity index (χ1) is 7.60. The van der Waals surface area contributed by atoms with E-state index in [4.69, 9.17) is 9.84 Å². The van der Waals surface area contributed by atoms with Crippen LogP contribution >= 0.6 is 0 Å². The molecule has 88 valence electrons. The second-order valence-electron chi connectivity index (χ2n) is 4.18. The highest BCUT2D eigenvalue weighted by Gasteiger charge is 2.35. The summed E-state index contributed by atoms with van der Waals surface area (Å²) in [6.07, 6.45) is 2.35. The molecule has 1 atom stereocenters. The van der Waals surface area contributed by atoms with Gasteiger partial charge in [-0.15, -0.1) is 0 Å². The number of aromatic nitrogens is 3. The van der Waals surface area contributed by atoms with Crippen LogP contribution in [-0.4, -0.2) is 32.9 Å². The van der Waals surface area contributed by atoms with Gasteiger partial charge >= 0.3 is 5.97 Å². The van der Waals surface area contributed by atoms with Crippen LogP contribution < -0.4 is 0 Å². The average molecular weight is 225 g/mol. The third kappa shape index (κ3) is 2.21. The van der Waals surface area contributed by atoms with Crippen molar-refractivity contribution in [2.45, 2.75) is 38.2 Å². The van der Waals surface area contributed by atoms with Crippen LogP contribution in [0.25, 0.3) is 0 Å². The van der Waals surface area contributed by atoms with Crippen LogP contribution in [0.4, 0.5) is 0 Å². The highest BCUT2D eigenvalue weighted by Crippen LogP contribution is 2.33. The molecule has 2 rings (SSSR count). The van der Waals surface area contributed by atoms with Crippen molar-refractivity contribution < 1.29 is 14.6 Å². The number of aromatic amines is 1. The third-order valence-corrected chi connectivity index (χ3v) is 2.80. The minimum Gasteiger partial charge on any atom is -0.481 e. The van der Waals surface area contributed by atoms with Crippen molar-refractivity contribution in [3.63, 3.8) is 0 Å². The number of hydrogen-bond donors (Lipinski definition) is 2. The summed E-state index contributed by atoms with van der Waals surface area (Å²) < 4.78 is 5.60. The van der Waals surface area contributed by atoms with Crippen molar-refractivity contribution in [2.75, 3.05) is 6.61 Å². The summed E-state index contributed by atoms with van der Waals surface area (Å²) in [5.41, 5.74) is -0.405. The molecule has 0 radical (unpaired) electrons. The Morgan fingerprint density at radius 2 is 2.50 bits per heavy atom. The van der Waals surface area contributed by atoms with Crippen molar-refractivity contribution in [1.82, 2.24) is 15.2 Å². The van der Waals surface area contributed by atoms with Crippen LogP contribution in [-0.2, 0) is 21.6 Å². The highest BCUT2D eigenvalue weighted by atomic mass is 16.5. The monoisotopic (exact) mass is 225 g/mol. The fourth-order valence-corrected chi connectivity index (χ4v) is 1.82. The molecule has 0 saturated carbocycles. The van der Waals surface area contributed by atoms with Gasteiger partial charge in [0, 0.05) is 13.0 Å². The third-order valence-electron chi connectivity index (χ3n) is 2.80. The first kappa shape index (κ1) is 11.1. The number of hydrogen-bond acceptors (Lipinski definition) is 4. The topological polar surface area (TPSA) is 88.1 Å². The number of aryl methyl sites for hydroxylation is 1. The van der Waals surface area contributed by atoms with Crippen molar-refractivity contribution in [3.8, 4) is 0 Å². The Morgan fingerprint density at radius 1 is 1.69 bits per heavy atom. The normalized spacial score (nSPS) is 24.8. The molecule has 1 aromatic rings. The fraction of sp³-hybridized carbons (Fsp3) is 0.700. The number of H-pyrrole nitrogens is 1. The molecule has 0 aliphatic carbocycles. The second kappa shape index (κ2) is 4.21. The molecule has 0 aromatic carbocycles. The number of nitrogens with one attached hydrogen (secondary N) is 1. The lowest BCUT2D eigenvalue weighted by Crippen LogP contribution is -2.21. The second-order valence-corrected chi connectivity index (χ2v) is 4.18. The first-order valence-corrected chi connectivity index (χ1v) is 5.38. The van der Waals surface area contributed by atoms with Gasteiger partial charge in [-0.1, -0.05) is 0 Å². The minimum absolute atomic E-state index is 0.0617. The molecule has 1 aliphatic rings. The molecule has 2 heterocycles. The Balaban J connectivity index is 2.04. The average Bonchev–Trinajstić information content (AvgIpc) is 2.84. The molecule has 6 nitrogen and oxygen atoms in total. The molecule has 2 N–H and O–H groups in total. The first-order valence-electron chi connectivity index (χ1n) is 5.38. The van der Waals surface area contributed by atoms with E-state index < -0.39 is 11.6 Å². The zero-order chi connectivity index (χ0) is 11.6. The summed E-state index contributed by atoms with van der Waals surface area (Å²) in [5, 5.41) is 15.4. The van der Waals surface area contributed by atoms with Gasteiger partial charge in [0.25, 0.3) is 0 Å². The van der Waals surface area contributed by atoms with Crippen molar-refractivity contribution in [1.29, 1.82) is 0 Å². The van der Waals surface area contributed by atoms with E-state index in [1.807, 2.05) is 6.92 Å². The lowest BCUT2D eigenvalue weighted by molar-refractivity contribution is -0.137. The van der Waals surface area contributed by atoms with Gasteiger partial charge in [-0.05, 0) is 19.8 Å². The molecule has 6 heteroatoms. The number of carbonyl (C=O) groups is 1. The largest absolute Gasteiger partial charge is 0.481 e. The van der Waals surface area contributed by atoms with Gasteiger partial charge in [-0.2, -0.15) is 5.10 Å². The summed E-state index contributed by atoms with van der Waals surface area (Å²) in [7, 11) is 0. The number of carboxylic acids is 1. The van der Waals surface area contributed by atoms with Crippen molar-refractivity contribution >= 4 is 5.97 Å². The van der Waals surface area contributed by atoms with Gasteiger partial charge < -0.3 is 9.84 Å². The zero-order valence-corrected chi connectivity index (χ0v) is 9.19. The van der Waals surface area contributed by atoms with E-state index >= 15 is 0 Å². The van der Waals surface area contributed by atoms with E-state index in [9.17, 15) is 4.79 Å². The Bertz CT molecular complexity index is 382. The lowest BCUT2D eigenvalue weighted by Gasteiger charge is -2.18. The van der Waals surface area contributed by atoms with E-state index in [2.05, 4.69) is 15.2 Å². The minimum atomic E-state index is -0.832. The van der Waals surface area contributed by atoms with Crippen LogP contribution in [0.3, 0.4) is 0 Å². The fourth-order valence-electron chi connectivity index (χ4n) is 1.82. The van der Waals surface area contributed by atoms with Gasteiger partial charge in [-0.25, -0.2) is 4.98 Å². The maximum absolute atomic E-state index is 10.4. The molecule has 0 spiro atoms. The molecule has 1 unspecified atom stereocenters. The van der Waals surface area contributed by atoms with E-state index in [0.29, 0.717) is 18.1 Å². The van der Waals surface area contributed by atoms with Gasteiger partial charge in [-0.3, -0.25) is 9.89 Å². The molecule has 1 saturated heterocycles. The lowest BCUT2D eigenvalue weighted by atomic mass is 10.0. The number of carboxylic acid groups (broad SMARTS) is 1. The Hall–Kier alpha value is -1.43.